The minimum absolute atomic E-state index is 0.000291. The molecule has 7 nitrogen and oxygen atoms in total. The molecule has 0 bridgehead atoms. The zero-order valence-electron chi connectivity index (χ0n) is 13.8. The van der Waals surface area contributed by atoms with E-state index in [0.717, 1.165) is 5.56 Å². The van der Waals surface area contributed by atoms with Crippen LogP contribution in [0.1, 0.15) is 40.9 Å². The Morgan fingerprint density at radius 1 is 0.885 bits per heavy atom. The zero-order valence-corrected chi connectivity index (χ0v) is 13.8. The molecule has 4 rings (SSSR count). The molecule has 2 aromatic rings. The second-order valence-electron chi connectivity index (χ2n) is 6.62. The fourth-order valence-corrected chi connectivity index (χ4v) is 3.66. The lowest BCUT2D eigenvalue weighted by Crippen LogP contribution is -2.10. The number of rotatable bonds is 4. The third-order valence-corrected chi connectivity index (χ3v) is 4.91. The van der Waals surface area contributed by atoms with E-state index in [1.165, 1.54) is 12.1 Å². The molecule has 2 aliphatic heterocycles. The van der Waals surface area contributed by atoms with Gasteiger partial charge in [0.25, 0.3) is 0 Å². The van der Waals surface area contributed by atoms with Crippen LogP contribution in [-0.4, -0.2) is 27.1 Å². The second-order valence-corrected chi connectivity index (χ2v) is 6.62. The third kappa shape index (κ3) is 2.71. The van der Waals surface area contributed by atoms with Crippen LogP contribution in [0, 0.1) is 0 Å². The van der Waals surface area contributed by atoms with Crippen LogP contribution in [0.25, 0.3) is 0 Å². The number of aliphatic hydroxyl groups excluding tert-OH is 2. The average Bonchev–Trinajstić information content (AvgIpc) is 3.16. The van der Waals surface area contributed by atoms with Crippen molar-refractivity contribution in [3.63, 3.8) is 0 Å². The number of carbonyl (C=O) groups is 2. The van der Waals surface area contributed by atoms with Crippen molar-refractivity contribution in [3.8, 4) is 5.75 Å². The fraction of sp³-hybridized carbons (Fsp3) is 0.263. The SMILES string of the molecule is O=C1Cc2c(cccc2[C@@H](O)C[C@H](O)c2ccc(O)c3c2NC(=O)C3)N1. The molecule has 2 heterocycles. The maximum atomic E-state index is 11.6. The molecule has 0 unspecified atom stereocenters. The lowest BCUT2D eigenvalue weighted by molar-refractivity contribution is -0.115. The van der Waals surface area contributed by atoms with Crippen molar-refractivity contribution in [1.29, 1.82) is 0 Å². The number of anilines is 2. The van der Waals surface area contributed by atoms with Gasteiger partial charge in [0.2, 0.25) is 11.8 Å². The number of benzene rings is 2. The van der Waals surface area contributed by atoms with Crippen LogP contribution < -0.4 is 10.6 Å². The summed E-state index contributed by atoms with van der Waals surface area (Å²) in [6.45, 7) is 0. The van der Waals surface area contributed by atoms with Crippen LogP contribution in [0.4, 0.5) is 11.4 Å². The van der Waals surface area contributed by atoms with E-state index in [1.807, 2.05) is 0 Å². The van der Waals surface area contributed by atoms with Crippen molar-refractivity contribution >= 4 is 23.2 Å². The van der Waals surface area contributed by atoms with Crippen molar-refractivity contribution in [1.82, 2.24) is 0 Å². The zero-order chi connectivity index (χ0) is 18.4. The molecule has 0 fully saturated rings. The van der Waals surface area contributed by atoms with E-state index < -0.39 is 12.2 Å². The van der Waals surface area contributed by atoms with Crippen LogP contribution >= 0.6 is 0 Å². The predicted molar refractivity (Wildman–Crippen MR) is 93.8 cm³/mol. The number of aliphatic hydroxyl groups is 2. The molecule has 0 aromatic heterocycles. The third-order valence-electron chi connectivity index (χ3n) is 4.91. The summed E-state index contributed by atoms with van der Waals surface area (Å²) in [7, 11) is 0. The van der Waals surface area contributed by atoms with Crippen molar-refractivity contribution in [2.75, 3.05) is 10.6 Å². The van der Waals surface area contributed by atoms with Crippen LogP contribution in [0.2, 0.25) is 0 Å². The van der Waals surface area contributed by atoms with Crippen molar-refractivity contribution < 1.29 is 24.9 Å². The Morgan fingerprint density at radius 3 is 2.38 bits per heavy atom. The number of aromatic hydroxyl groups is 1. The second kappa shape index (κ2) is 6.12. The molecule has 0 saturated heterocycles. The summed E-state index contributed by atoms with van der Waals surface area (Å²) >= 11 is 0. The average molecular weight is 354 g/mol. The van der Waals surface area contributed by atoms with E-state index in [9.17, 15) is 24.9 Å². The summed E-state index contributed by atoms with van der Waals surface area (Å²) in [6.07, 6.45) is -1.77. The molecule has 2 aliphatic rings. The minimum atomic E-state index is -1.04. The fourth-order valence-electron chi connectivity index (χ4n) is 3.66. The predicted octanol–water partition coefficient (Wildman–Crippen LogP) is 1.54. The highest BCUT2D eigenvalue weighted by Gasteiger charge is 2.29. The highest BCUT2D eigenvalue weighted by atomic mass is 16.3. The molecule has 0 aliphatic carbocycles. The van der Waals surface area contributed by atoms with Crippen LogP contribution in [0.15, 0.2) is 30.3 Å². The Morgan fingerprint density at radius 2 is 1.58 bits per heavy atom. The summed E-state index contributed by atoms with van der Waals surface area (Å²) in [4.78, 5) is 23.2. The first kappa shape index (κ1) is 16.6. The van der Waals surface area contributed by atoms with Gasteiger partial charge in [0.15, 0.2) is 0 Å². The van der Waals surface area contributed by atoms with Gasteiger partial charge < -0.3 is 26.0 Å². The van der Waals surface area contributed by atoms with Gasteiger partial charge in [-0.1, -0.05) is 18.2 Å². The van der Waals surface area contributed by atoms with Crippen LogP contribution in [0.5, 0.6) is 5.75 Å². The Kier molecular flexibility index (Phi) is 3.90. The van der Waals surface area contributed by atoms with Crippen LogP contribution in [0.3, 0.4) is 0 Å². The summed E-state index contributed by atoms with van der Waals surface area (Å²) < 4.78 is 0. The van der Waals surface area contributed by atoms with Crippen LogP contribution in [-0.2, 0) is 22.4 Å². The van der Waals surface area contributed by atoms with Gasteiger partial charge in [-0.15, -0.1) is 0 Å². The van der Waals surface area contributed by atoms with E-state index in [2.05, 4.69) is 10.6 Å². The number of hydrogen-bond donors (Lipinski definition) is 5. The molecule has 26 heavy (non-hydrogen) atoms. The molecular weight excluding hydrogens is 336 g/mol. The number of hydrogen-bond acceptors (Lipinski definition) is 5. The molecule has 0 radical (unpaired) electrons. The number of carbonyl (C=O) groups excluding carboxylic acids is 2. The van der Waals surface area contributed by atoms with E-state index in [1.54, 1.807) is 18.2 Å². The van der Waals surface area contributed by atoms with Gasteiger partial charge in [0, 0.05) is 23.2 Å². The van der Waals surface area contributed by atoms with Gasteiger partial charge in [-0.2, -0.15) is 0 Å². The van der Waals surface area contributed by atoms with E-state index in [4.69, 9.17) is 0 Å². The lowest BCUT2D eigenvalue weighted by Gasteiger charge is -2.20. The number of nitrogens with one attached hydrogen (secondary N) is 2. The molecule has 2 aromatic carbocycles. The molecule has 2 atom stereocenters. The van der Waals surface area contributed by atoms with Gasteiger partial charge >= 0.3 is 0 Å². The molecule has 7 heteroatoms. The first-order valence-corrected chi connectivity index (χ1v) is 8.36. The van der Waals surface area contributed by atoms with E-state index in [0.29, 0.717) is 28.1 Å². The first-order valence-electron chi connectivity index (χ1n) is 8.36. The van der Waals surface area contributed by atoms with E-state index >= 15 is 0 Å². The molecule has 134 valence electrons. The number of phenols is 1. The molecule has 2 amide bonds. The standard InChI is InChI=1S/C19H18N2O5/c22-14-5-4-10(19-12(14)7-18(26)21-19)16(24)8-15(23)9-2-1-3-13-11(9)6-17(25)20-13/h1-5,15-16,22-24H,6-8H2,(H,20,25)(H,21,26)/t15-,16-/m0/s1. The number of amides is 2. The van der Waals surface area contributed by atoms with Crippen molar-refractivity contribution in [2.45, 2.75) is 31.5 Å². The normalized spacial score (nSPS) is 17.3. The van der Waals surface area contributed by atoms with Crippen molar-refractivity contribution in [3.05, 3.63) is 52.6 Å². The maximum Gasteiger partial charge on any atom is 0.229 e. The quantitative estimate of drug-likeness (QED) is 0.571. The topological polar surface area (TPSA) is 119 Å². The van der Waals surface area contributed by atoms with Gasteiger partial charge in [0.05, 0.1) is 30.7 Å². The molecule has 0 spiro atoms. The Bertz CT molecular complexity index is 924. The van der Waals surface area contributed by atoms with Gasteiger partial charge in [-0.25, -0.2) is 0 Å². The first-order chi connectivity index (χ1) is 12.4. The molecule has 5 N–H and O–H groups in total. The smallest absolute Gasteiger partial charge is 0.229 e. The highest BCUT2D eigenvalue weighted by molar-refractivity contribution is 6.01. The maximum absolute atomic E-state index is 11.6. The van der Waals surface area contributed by atoms with Gasteiger partial charge in [0.1, 0.15) is 5.75 Å². The number of phenolic OH excluding ortho intramolecular Hbond substituents is 1. The Hall–Kier alpha value is -2.90. The number of fused-ring (bicyclic) bond motifs is 2. The highest BCUT2D eigenvalue weighted by Crippen LogP contribution is 2.40. The minimum Gasteiger partial charge on any atom is -0.508 e. The van der Waals surface area contributed by atoms with Gasteiger partial charge in [-0.3, -0.25) is 9.59 Å². The largest absolute Gasteiger partial charge is 0.508 e. The Balaban J connectivity index is 1.60. The Labute approximate surface area is 149 Å². The molecular formula is C19H18N2O5. The summed E-state index contributed by atoms with van der Waals surface area (Å²) in [5.41, 5.74) is 3.32. The van der Waals surface area contributed by atoms with Crippen molar-refractivity contribution in [2.24, 2.45) is 0 Å². The summed E-state index contributed by atoms with van der Waals surface area (Å²) in [5.74, 6) is -0.374. The van der Waals surface area contributed by atoms with Gasteiger partial charge in [-0.05, 0) is 23.3 Å². The summed E-state index contributed by atoms with van der Waals surface area (Å²) in [6, 6.07) is 8.23. The lowest BCUT2D eigenvalue weighted by atomic mass is 9.93. The summed E-state index contributed by atoms with van der Waals surface area (Å²) in [5, 5.41) is 36.5. The molecule has 0 saturated carbocycles. The van der Waals surface area contributed by atoms with E-state index in [-0.39, 0.29) is 36.8 Å². The monoisotopic (exact) mass is 354 g/mol.